The fourth-order valence-corrected chi connectivity index (χ4v) is 3.72. The Labute approximate surface area is 125 Å². The number of hydrogen-bond donors (Lipinski definition) is 0. The first-order valence-corrected chi connectivity index (χ1v) is 8.23. The fraction of sp³-hybridized carbons (Fsp3) is 0.400. The molecule has 0 spiro atoms. The summed E-state index contributed by atoms with van der Waals surface area (Å²) in [5, 5.41) is 0.906. The lowest BCUT2D eigenvalue weighted by atomic mass is 10.2. The second-order valence-electron chi connectivity index (χ2n) is 5.54. The Morgan fingerprint density at radius 1 is 1.24 bits per heavy atom. The molecule has 0 radical (unpaired) electrons. The third kappa shape index (κ3) is 3.33. The number of hydrogen-bond acceptors (Lipinski definition) is 4. The van der Waals surface area contributed by atoms with Gasteiger partial charge in [0.1, 0.15) is 0 Å². The molecule has 0 N–H and O–H groups in total. The lowest BCUT2D eigenvalue weighted by Crippen LogP contribution is -2.40. The van der Waals surface area contributed by atoms with E-state index in [0.29, 0.717) is 11.2 Å². The third-order valence-electron chi connectivity index (χ3n) is 3.45. The van der Waals surface area contributed by atoms with Crippen molar-refractivity contribution >= 4 is 26.6 Å². The molecule has 21 heavy (non-hydrogen) atoms. The SMILES string of the molecule is COC(C)(C)CS(=O)(=O)N(C)c1cccc2cccnc12. The van der Waals surface area contributed by atoms with Crippen molar-refractivity contribution in [1.82, 2.24) is 4.98 Å². The minimum Gasteiger partial charge on any atom is -0.378 e. The van der Waals surface area contributed by atoms with E-state index in [-0.39, 0.29) is 5.75 Å². The number of anilines is 1. The Hall–Kier alpha value is -1.66. The summed E-state index contributed by atoms with van der Waals surface area (Å²) in [5.41, 5.74) is 0.492. The first kappa shape index (κ1) is 15.7. The smallest absolute Gasteiger partial charge is 0.237 e. The lowest BCUT2D eigenvalue weighted by molar-refractivity contribution is 0.0425. The van der Waals surface area contributed by atoms with Crippen LogP contribution >= 0.6 is 0 Å². The zero-order valence-corrected chi connectivity index (χ0v) is 13.5. The Kier molecular flexibility index (Phi) is 4.20. The van der Waals surface area contributed by atoms with Crippen molar-refractivity contribution in [1.29, 1.82) is 0 Å². The molecule has 0 fully saturated rings. The van der Waals surface area contributed by atoms with Crippen molar-refractivity contribution in [3.05, 3.63) is 36.5 Å². The molecule has 1 aromatic heterocycles. The molecule has 6 heteroatoms. The molecule has 0 aliphatic heterocycles. The number of fused-ring (bicyclic) bond motifs is 1. The highest BCUT2D eigenvalue weighted by molar-refractivity contribution is 7.92. The van der Waals surface area contributed by atoms with Crippen molar-refractivity contribution in [2.24, 2.45) is 0 Å². The molecule has 0 bridgehead atoms. The van der Waals surface area contributed by atoms with Gasteiger partial charge in [-0.2, -0.15) is 0 Å². The van der Waals surface area contributed by atoms with Gasteiger partial charge in [0, 0.05) is 25.7 Å². The van der Waals surface area contributed by atoms with E-state index in [9.17, 15) is 8.42 Å². The molecule has 0 unspecified atom stereocenters. The molecule has 1 heterocycles. The molecule has 0 aliphatic rings. The number of sulfonamides is 1. The van der Waals surface area contributed by atoms with Gasteiger partial charge in [0.2, 0.25) is 10.0 Å². The van der Waals surface area contributed by atoms with Crippen LogP contribution in [0.3, 0.4) is 0 Å². The van der Waals surface area contributed by atoms with Gasteiger partial charge in [-0.15, -0.1) is 0 Å². The molecule has 114 valence electrons. The highest BCUT2D eigenvalue weighted by atomic mass is 32.2. The maximum absolute atomic E-state index is 12.6. The van der Waals surface area contributed by atoms with Crippen LogP contribution < -0.4 is 4.31 Å². The van der Waals surface area contributed by atoms with Gasteiger partial charge < -0.3 is 4.74 Å². The van der Waals surface area contributed by atoms with Gasteiger partial charge >= 0.3 is 0 Å². The topological polar surface area (TPSA) is 59.5 Å². The molecule has 1 aromatic carbocycles. The minimum absolute atomic E-state index is 0.101. The number of nitrogens with zero attached hydrogens (tertiary/aromatic N) is 2. The second-order valence-corrected chi connectivity index (χ2v) is 7.54. The van der Waals surface area contributed by atoms with Gasteiger partial charge in [-0.1, -0.05) is 18.2 Å². The van der Waals surface area contributed by atoms with Crippen LogP contribution in [0.4, 0.5) is 5.69 Å². The Balaban J connectivity index is 2.45. The van der Waals surface area contributed by atoms with E-state index < -0.39 is 15.6 Å². The summed E-state index contributed by atoms with van der Waals surface area (Å²) in [5.74, 6) is -0.101. The Morgan fingerprint density at radius 2 is 1.90 bits per heavy atom. The van der Waals surface area contributed by atoms with Gasteiger partial charge in [0.25, 0.3) is 0 Å². The number of pyridine rings is 1. The molecule has 2 rings (SSSR count). The average molecular weight is 308 g/mol. The quantitative estimate of drug-likeness (QED) is 0.851. The van der Waals surface area contributed by atoms with E-state index in [1.807, 2.05) is 24.3 Å². The summed E-state index contributed by atoms with van der Waals surface area (Å²) in [6.07, 6.45) is 1.66. The van der Waals surface area contributed by atoms with Gasteiger partial charge in [0.15, 0.2) is 0 Å². The van der Waals surface area contributed by atoms with Gasteiger partial charge in [-0.25, -0.2) is 8.42 Å². The summed E-state index contributed by atoms with van der Waals surface area (Å²) < 4.78 is 31.6. The standard InChI is InChI=1S/C15H20N2O3S/c1-15(2,20-4)11-21(18,19)17(3)13-9-5-7-12-8-6-10-16-14(12)13/h5-10H,11H2,1-4H3. The first-order chi connectivity index (χ1) is 9.77. The van der Waals surface area contributed by atoms with Crippen LogP contribution in [0.2, 0.25) is 0 Å². The van der Waals surface area contributed by atoms with Crippen LogP contribution in [-0.2, 0) is 14.8 Å². The number of ether oxygens (including phenoxy) is 1. The van der Waals surface area contributed by atoms with Crippen LogP contribution in [-0.4, -0.2) is 38.9 Å². The highest BCUT2D eigenvalue weighted by Gasteiger charge is 2.30. The number of rotatable bonds is 5. The highest BCUT2D eigenvalue weighted by Crippen LogP contribution is 2.27. The van der Waals surface area contributed by atoms with Crippen molar-refractivity contribution in [2.75, 3.05) is 24.2 Å². The predicted octanol–water partition coefficient (Wildman–Crippen LogP) is 2.43. The molecule has 0 atom stereocenters. The van der Waals surface area contributed by atoms with E-state index in [1.54, 1.807) is 33.2 Å². The summed E-state index contributed by atoms with van der Waals surface area (Å²) >= 11 is 0. The summed E-state index contributed by atoms with van der Waals surface area (Å²) in [4.78, 5) is 4.30. The molecule has 2 aromatic rings. The summed E-state index contributed by atoms with van der Waals surface area (Å²) in [6, 6.07) is 9.23. The van der Waals surface area contributed by atoms with Crippen LogP contribution in [0.25, 0.3) is 10.9 Å². The zero-order chi connectivity index (χ0) is 15.7. The van der Waals surface area contributed by atoms with Crippen molar-refractivity contribution in [2.45, 2.75) is 19.4 Å². The molecule has 0 saturated heterocycles. The average Bonchev–Trinajstić information content (AvgIpc) is 2.45. The summed E-state index contributed by atoms with van der Waals surface area (Å²) in [7, 11) is -0.451. The van der Waals surface area contributed by atoms with Gasteiger partial charge in [0.05, 0.1) is 22.6 Å². The molecule has 0 aliphatic carbocycles. The van der Waals surface area contributed by atoms with Crippen LogP contribution in [0.5, 0.6) is 0 Å². The molecular weight excluding hydrogens is 288 g/mol. The molecule has 0 amide bonds. The Bertz CT molecular complexity index is 736. The third-order valence-corrected chi connectivity index (χ3v) is 5.54. The predicted molar refractivity (Wildman–Crippen MR) is 85.0 cm³/mol. The second kappa shape index (κ2) is 5.61. The maximum Gasteiger partial charge on any atom is 0.237 e. The van der Waals surface area contributed by atoms with E-state index in [0.717, 1.165) is 5.39 Å². The summed E-state index contributed by atoms with van der Waals surface area (Å²) in [6.45, 7) is 3.50. The maximum atomic E-state index is 12.6. The van der Waals surface area contributed by atoms with E-state index in [2.05, 4.69) is 4.98 Å². The molecular formula is C15H20N2O3S. The van der Waals surface area contributed by atoms with Crippen molar-refractivity contribution in [3.63, 3.8) is 0 Å². The number of aromatic nitrogens is 1. The number of methoxy groups -OCH3 is 1. The molecule has 0 saturated carbocycles. The number of para-hydroxylation sites is 1. The van der Waals surface area contributed by atoms with Crippen LogP contribution in [0.15, 0.2) is 36.5 Å². The minimum atomic E-state index is -3.51. The van der Waals surface area contributed by atoms with E-state index in [1.165, 1.54) is 11.4 Å². The van der Waals surface area contributed by atoms with Crippen molar-refractivity contribution < 1.29 is 13.2 Å². The van der Waals surface area contributed by atoms with Crippen LogP contribution in [0.1, 0.15) is 13.8 Å². The van der Waals surface area contributed by atoms with Gasteiger partial charge in [-0.05, 0) is 26.0 Å². The zero-order valence-electron chi connectivity index (χ0n) is 12.7. The molecule has 5 nitrogen and oxygen atoms in total. The fourth-order valence-electron chi connectivity index (χ4n) is 2.09. The van der Waals surface area contributed by atoms with Crippen molar-refractivity contribution in [3.8, 4) is 0 Å². The monoisotopic (exact) mass is 308 g/mol. The first-order valence-electron chi connectivity index (χ1n) is 6.62. The van der Waals surface area contributed by atoms with Gasteiger partial charge in [-0.3, -0.25) is 9.29 Å². The largest absolute Gasteiger partial charge is 0.378 e. The lowest BCUT2D eigenvalue weighted by Gasteiger charge is -2.27. The number of benzene rings is 1. The van der Waals surface area contributed by atoms with E-state index >= 15 is 0 Å². The van der Waals surface area contributed by atoms with E-state index in [4.69, 9.17) is 4.74 Å². The van der Waals surface area contributed by atoms with Crippen LogP contribution in [0, 0.1) is 0 Å². The normalized spacial score (nSPS) is 12.6. The Morgan fingerprint density at radius 3 is 2.57 bits per heavy atom.